The van der Waals surface area contributed by atoms with Crippen molar-refractivity contribution in [2.75, 3.05) is 20.2 Å². The van der Waals surface area contributed by atoms with Crippen LogP contribution in [0.25, 0.3) is 0 Å². The molecule has 0 radical (unpaired) electrons. The van der Waals surface area contributed by atoms with Gasteiger partial charge < -0.3 is 10.1 Å². The number of piperidine rings is 1. The molecule has 1 N–H and O–H groups in total. The van der Waals surface area contributed by atoms with Crippen molar-refractivity contribution in [2.45, 2.75) is 44.0 Å². The summed E-state index contributed by atoms with van der Waals surface area (Å²) in [6.45, 7) is 4.77. The van der Waals surface area contributed by atoms with Crippen molar-refractivity contribution in [3.05, 3.63) is 59.2 Å². The number of nitrogens with one attached hydrogen (secondary N) is 1. The summed E-state index contributed by atoms with van der Waals surface area (Å²) in [7, 11) is -1.98. The van der Waals surface area contributed by atoms with E-state index in [1.807, 2.05) is 38.1 Å². The molecule has 3 rings (SSSR count). The summed E-state index contributed by atoms with van der Waals surface area (Å²) in [5, 5.41) is 2.96. The molecule has 6 nitrogen and oxygen atoms in total. The fourth-order valence-electron chi connectivity index (χ4n) is 3.51. The van der Waals surface area contributed by atoms with Gasteiger partial charge in [-0.05, 0) is 62.1 Å². The minimum Gasteiger partial charge on any atom is -0.497 e. The summed E-state index contributed by atoms with van der Waals surface area (Å²) in [6.07, 6.45) is 2.80. The lowest BCUT2D eigenvalue weighted by atomic mass is 10.1. The molecule has 1 fully saturated rings. The van der Waals surface area contributed by atoms with E-state index in [0.29, 0.717) is 18.7 Å². The van der Waals surface area contributed by atoms with E-state index < -0.39 is 10.0 Å². The molecule has 7 heteroatoms. The Morgan fingerprint density at radius 2 is 1.72 bits per heavy atom. The molecular weight excluding hydrogens is 388 g/mol. The number of amides is 1. The summed E-state index contributed by atoms with van der Waals surface area (Å²) in [5.74, 6) is 0.459. The number of ether oxygens (including phenoxy) is 1. The van der Waals surface area contributed by atoms with Crippen LogP contribution in [0, 0.1) is 6.92 Å². The van der Waals surface area contributed by atoms with E-state index in [1.54, 1.807) is 19.2 Å². The highest BCUT2D eigenvalue weighted by Crippen LogP contribution is 2.24. The molecule has 0 saturated carbocycles. The molecule has 0 aromatic heterocycles. The maximum absolute atomic E-state index is 13.0. The molecule has 0 aliphatic carbocycles. The molecule has 1 heterocycles. The molecular formula is C22H28N2O4S. The van der Waals surface area contributed by atoms with Gasteiger partial charge in [-0.2, -0.15) is 4.31 Å². The predicted octanol–water partition coefficient (Wildman–Crippen LogP) is 3.67. The molecule has 0 spiro atoms. The summed E-state index contributed by atoms with van der Waals surface area (Å²) in [4.78, 5) is 13.1. The van der Waals surface area contributed by atoms with E-state index >= 15 is 0 Å². The first-order chi connectivity index (χ1) is 13.8. The Hall–Kier alpha value is -2.38. The molecule has 1 aliphatic rings. The number of sulfonamides is 1. The molecule has 2 aromatic rings. The Morgan fingerprint density at radius 3 is 2.34 bits per heavy atom. The molecule has 156 valence electrons. The average molecular weight is 417 g/mol. The zero-order valence-corrected chi connectivity index (χ0v) is 18.0. The third kappa shape index (κ3) is 4.79. The summed E-state index contributed by atoms with van der Waals surface area (Å²) >= 11 is 0. The van der Waals surface area contributed by atoms with Crippen molar-refractivity contribution >= 4 is 15.9 Å². The molecule has 29 heavy (non-hydrogen) atoms. The number of hydrogen-bond acceptors (Lipinski definition) is 4. The van der Waals surface area contributed by atoms with E-state index in [1.165, 1.54) is 10.4 Å². The van der Waals surface area contributed by atoms with Gasteiger partial charge in [0.15, 0.2) is 0 Å². The number of carbonyl (C=O) groups excluding carboxylic acids is 1. The van der Waals surface area contributed by atoms with E-state index in [0.717, 1.165) is 36.1 Å². The van der Waals surface area contributed by atoms with Crippen LogP contribution in [0.15, 0.2) is 47.4 Å². The minimum absolute atomic E-state index is 0.173. The van der Waals surface area contributed by atoms with E-state index in [4.69, 9.17) is 4.74 Å². The molecule has 1 amide bonds. The van der Waals surface area contributed by atoms with Crippen LogP contribution in [-0.4, -0.2) is 38.8 Å². The van der Waals surface area contributed by atoms with Crippen molar-refractivity contribution in [3.8, 4) is 5.75 Å². The fraction of sp³-hybridized carbons (Fsp3) is 0.409. The first-order valence-corrected chi connectivity index (χ1v) is 11.3. The van der Waals surface area contributed by atoms with Crippen LogP contribution in [0.2, 0.25) is 0 Å². The number of aryl methyl sites for hydroxylation is 1. The van der Waals surface area contributed by atoms with Gasteiger partial charge in [-0.25, -0.2) is 8.42 Å². The van der Waals surface area contributed by atoms with Crippen LogP contribution in [0.4, 0.5) is 0 Å². The standard InChI is InChI=1S/C22H28N2O4S/c1-16-7-12-20(29(26,27)24-13-5-4-6-14-24)15-21(16)22(25)23-17(2)18-8-10-19(28-3)11-9-18/h7-12,15,17H,4-6,13-14H2,1-3H3,(H,23,25)/t17-/m0/s1. The van der Waals surface area contributed by atoms with Gasteiger partial charge in [0.25, 0.3) is 5.91 Å². The second kappa shape index (κ2) is 8.97. The number of rotatable bonds is 6. The SMILES string of the molecule is COc1ccc([C@H](C)NC(=O)c2cc(S(=O)(=O)N3CCCCC3)ccc2C)cc1. The first kappa shape index (κ1) is 21.3. The monoisotopic (exact) mass is 416 g/mol. The van der Waals surface area contributed by atoms with Crippen LogP contribution in [0.3, 0.4) is 0 Å². The Bertz CT molecular complexity index is 965. The molecule has 1 aliphatic heterocycles. The molecule has 1 saturated heterocycles. The quantitative estimate of drug-likeness (QED) is 0.780. The van der Waals surface area contributed by atoms with Crippen LogP contribution >= 0.6 is 0 Å². The highest BCUT2D eigenvalue weighted by Gasteiger charge is 2.27. The van der Waals surface area contributed by atoms with E-state index in [9.17, 15) is 13.2 Å². The minimum atomic E-state index is -3.58. The Balaban J connectivity index is 1.80. The fourth-order valence-corrected chi connectivity index (χ4v) is 5.05. The van der Waals surface area contributed by atoms with Crippen molar-refractivity contribution in [1.29, 1.82) is 0 Å². The predicted molar refractivity (Wildman–Crippen MR) is 113 cm³/mol. The molecule has 0 bridgehead atoms. The zero-order chi connectivity index (χ0) is 21.0. The van der Waals surface area contributed by atoms with Gasteiger partial charge in [0, 0.05) is 18.7 Å². The second-order valence-electron chi connectivity index (χ2n) is 7.41. The van der Waals surface area contributed by atoms with Crippen molar-refractivity contribution in [2.24, 2.45) is 0 Å². The van der Waals surface area contributed by atoms with E-state index in [2.05, 4.69) is 5.32 Å². The largest absolute Gasteiger partial charge is 0.497 e. The maximum atomic E-state index is 13.0. The van der Waals surface area contributed by atoms with Crippen LogP contribution < -0.4 is 10.1 Å². The van der Waals surface area contributed by atoms with Gasteiger partial charge in [-0.1, -0.05) is 24.6 Å². The lowest BCUT2D eigenvalue weighted by molar-refractivity contribution is 0.0939. The van der Waals surface area contributed by atoms with Gasteiger partial charge in [0.2, 0.25) is 10.0 Å². The van der Waals surface area contributed by atoms with E-state index in [-0.39, 0.29) is 16.8 Å². The lowest BCUT2D eigenvalue weighted by Gasteiger charge is -2.26. The Labute approximate surface area is 172 Å². The number of benzene rings is 2. The molecule has 1 atom stereocenters. The topological polar surface area (TPSA) is 75.7 Å². The lowest BCUT2D eigenvalue weighted by Crippen LogP contribution is -2.35. The zero-order valence-electron chi connectivity index (χ0n) is 17.1. The van der Waals surface area contributed by atoms with Crippen LogP contribution in [-0.2, 0) is 10.0 Å². The first-order valence-electron chi connectivity index (χ1n) is 9.88. The van der Waals surface area contributed by atoms with Gasteiger partial charge in [-0.3, -0.25) is 4.79 Å². The van der Waals surface area contributed by atoms with Gasteiger partial charge in [0.1, 0.15) is 5.75 Å². The smallest absolute Gasteiger partial charge is 0.252 e. The number of methoxy groups -OCH3 is 1. The summed E-state index contributed by atoms with van der Waals surface area (Å²) in [6, 6.07) is 12.0. The van der Waals surface area contributed by atoms with Crippen molar-refractivity contribution in [1.82, 2.24) is 9.62 Å². The Morgan fingerprint density at radius 1 is 1.07 bits per heavy atom. The normalized spacial score (nSPS) is 16.2. The Kier molecular flexibility index (Phi) is 6.59. The highest BCUT2D eigenvalue weighted by molar-refractivity contribution is 7.89. The molecule has 2 aromatic carbocycles. The summed E-state index contributed by atoms with van der Waals surface area (Å²) < 4.78 is 32.6. The van der Waals surface area contributed by atoms with Crippen LogP contribution in [0.5, 0.6) is 5.75 Å². The number of nitrogens with zero attached hydrogens (tertiary/aromatic N) is 1. The summed E-state index contributed by atoms with van der Waals surface area (Å²) in [5.41, 5.74) is 2.05. The number of hydrogen-bond donors (Lipinski definition) is 1. The number of carbonyl (C=O) groups is 1. The third-order valence-electron chi connectivity index (χ3n) is 5.37. The van der Waals surface area contributed by atoms with Crippen molar-refractivity contribution < 1.29 is 17.9 Å². The van der Waals surface area contributed by atoms with Crippen LogP contribution in [0.1, 0.15) is 53.7 Å². The average Bonchev–Trinajstić information content (AvgIpc) is 2.74. The van der Waals surface area contributed by atoms with Crippen molar-refractivity contribution in [3.63, 3.8) is 0 Å². The third-order valence-corrected chi connectivity index (χ3v) is 7.26. The van der Waals surface area contributed by atoms with Gasteiger partial charge in [-0.15, -0.1) is 0 Å². The maximum Gasteiger partial charge on any atom is 0.252 e. The van der Waals surface area contributed by atoms with Gasteiger partial charge >= 0.3 is 0 Å². The second-order valence-corrected chi connectivity index (χ2v) is 9.35. The van der Waals surface area contributed by atoms with Gasteiger partial charge in [0.05, 0.1) is 18.0 Å². The highest BCUT2D eigenvalue weighted by atomic mass is 32.2. The molecule has 0 unspecified atom stereocenters.